The van der Waals surface area contributed by atoms with Gasteiger partial charge in [-0.25, -0.2) is 14.3 Å². The highest BCUT2D eigenvalue weighted by Crippen LogP contribution is 2.50. The van der Waals surface area contributed by atoms with E-state index in [1.165, 1.54) is 18.2 Å². The number of anilines is 1. The Kier molecular flexibility index (Phi) is 6.31. The van der Waals surface area contributed by atoms with Crippen LogP contribution < -0.4 is 5.32 Å². The first kappa shape index (κ1) is 25.3. The first-order chi connectivity index (χ1) is 16.8. The van der Waals surface area contributed by atoms with Gasteiger partial charge < -0.3 is 10.1 Å². The highest BCUT2D eigenvalue weighted by molar-refractivity contribution is 6.03. The molecule has 36 heavy (non-hydrogen) atoms. The van der Waals surface area contributed by atoms with Gasteiger partial charge in [0.1, 0.15) is 5.82 Å². The van der Waals surface area contributed by atoms with Gasteiger partial charge in [-0.15, -0.1) is 5.10 Å². The number of carbonyl (C=O) groups is 2. The molecule has 0 bridgehead atoms. The number of amides is 1. The number of aromatic nitrogens is 4. The summed E-state index contributed by atoms with van der Waals surface area (Å²) in [4.78, 5) is 25.8. The zero-order valence-corrected chi connectivity index (χ0v) is 19.7. The lowest BCUT2D eigenvalue weighted by molar-refractivity contribution is -0.137. The summed E-state index contributed by atoms with van der Waals surface area (Å²) in [7, 11) is 0. The third-order valence-electron chi connectivity index (χ3n) is 5.73. The fourth-order valence-electron chi connectivity index (χ4n) is 3.70. The fourth-order valence-corrected chi connectivity index (χ4v) is 3.70. The van der Waals surface area contributed by atoms with Gasteiger partial charge in [0, 0.05) is 16.8 Å². The van der Waals surface area contributed by atoms with Crippen LogP contribution in [0.2, 0.25) is 0 Å². The number of benzene rings is 2. The van der Waals surface area contributed by atoms with Crippen LogP contribution >= 0.6 is 0 Å². The molecular weight excluding hydrogens is 482 g/mol. The Labute approximate surface area is 203 Å². The van der Waals surface area contributed by atoms with Gasteiger partial charge in [0.2, 0.25) is 5.91 Å². The minimum Gasteiger partial charge on any atom is -0.462 e. The standard InChI is InChI=1S/C24H23F4N5O3/c1-22(2,3)12-36-20(34)15-6-5-14(11-16(15)19-30-32-33-31-19)29-21(35)23(8-9-23)17-7-4-13(10-18(17)25)24(26,27)28/h4-7,10-11H,8-9,12H2,1-3H3,(H,29,35)(H,30,31,32,33). The van der Waals surface area contributed by atoms with Crippen molar-refractivity contribution in [3.8, 4) is 11.4 Å². The molecule has 2 aromatic carbocycles. The molecule has 3 aromatic rings. The molecule has 1 aromatic heterocycles. The molecule has 1 saturated carbocycles. The molecule has 4 rings (SSSR count). The number of hydrogen-bond acceptors (Lipinski definition) is 6. The van der Waals surface area contributed by atoms with Gasteiger partial charge >= 0.3 is 12.1 Å². The van der Waals surface area contributed by atoms with Crippen LogP contribution in [-0.4, -0.2) is 39.1 Å². The van der Waals surface area contributed by atoms with Crippen molar-refractivity contribution < 1.29 is 31.9 Å². The van der Waals surface area contributed by atoms with E-state index < -0.39 is 34.8 Å². The number of rotatable bonds is 6. The summed E-state index contributed by atoms with van der Waals surface area (Å²) in [5, 5.41) is 16.1. The van der Waals surface area contributed by atoms with E-state index >= 15 is 0 Å². The monoisotopic (exact) mass is 505 g/mol. The van der Waals surface area contributed by atoms with Gasteiger partial charge in [-0.2, -0.15) is 13.2 Å². The van der Waals surface area contributed by atoms with Gasteiger partial charge in [0.25, 0.3) is 0 Å². The number of tetrazole rings is 1. The van der Waals surface area contributed by atoms with Crippen molar-refractivity contribution in [2.45, 2.75) is 45.2 Å². The molecule has 0 unspecified atom stereocenters. The number of ether oxygens (including phenoxy) is 1. The van der Waals surface area contributed by atoms with Crippen molar-refractivity contribution in [3.63, 3.8) is 0 Å². The van der Waals surface area contributed by atoms with Crippen molar-refractivity contribution in [2.24, 2.45) is 5.41 Å². The van der Waals surface area contributed by atoms with Gasteiger partial charge in [0.05, 0.1) is 23.1 Å². The van der Waals surface area contributed by atoms with Crippen LogP contribution in [0.5, 0.6) is 0 Å². The maximum absolute atomic E-state index is 14.6. The minimum absolute atomic E-state index is 0.102. The van der Waals surface area contributed by atoms with E-state index in [1.807, 2.05) is 20.8 Å². The predicted octanol–water partition coefficient (Wildman–Crippen LogP) is 4.90. The zero-order chi connectivity index (χ0) is 26.3. The summed E-state index contributed by atoms with van der Waals surface area (Å²) in [5.74, 6) is -2.13. The summed E-state index contributed by atoms with van der Waals surface area (Å²) in [6, 6.07) is 6.54. The molecule has 0 atom stereocenters. The van der Waals surface area contributed by atoms with Crippen molar-refractivity contribution in [3.05, 3.63) is 58.9 Å². The van der Waals surface area contributed by atoms with E-state index in [1.54, 1.807) is 0 Å². The van der Waals surface area contributed by atoms with Crippen LogP contribution in [0.4, 0.5) is 23.2 Å². The molecule has 1 aliphatic rings. The van der Waals surface area contributed by atoms with Gasteiger partial charge in [-0.3, -0.25) is 4.79 Å². The van der Waals surface area contributed by atoms with Crippen LogP contribution in [0, 0.1) is 11.2 Å². The molecule has 1 fully saturated rings. The van der Waals surface area contributed by atoms with Crippen LogP contribution in [0.15, 0.2) is 36.4 Å². The molecule has 0 spiro atoms. The summed E-state index contributed by atoms with van der Waals surface area (Å²) in [6.07, 6.45) is -4.14. The van der Waals surface area contributed by atoms with Gasteiger partial charge in [-0.05, 0) is 59.0 Å². The van der Waals surface area contributed by atoms with E-state index in [4.69, 9.17) is 4.74 Å². The normalized spacial score (nSPS) is 14.9. The largest absolute Gasteiger partial charge is 0.462 e. The number of esters is 1. The Bertz CT molecular complexity index is 1300. The molecular formula is C24H23F4N5O3. The third kappa shape index (κ3) is 5.21. The molecule has 190 valence electrons. The van der Waals surface area contributed by atoms with Crippen LogP contribution in [-0.2, 0) is 21.1 Å². The van der Waals surface area contributed by atoms with E-state index in [0.717, 1.165) is 12.1 Å². The van der Waals surface area contributed by atoms with Gasteiger partial charge in [0.15, 0.2) is 5.82 Å². The van der Waals surface area contributed by atoms with Crippen LogP contribution in [0.25, 0.3) is 11.4 Å². The Morgan fingerprint density at radius 2 is 1.83 bits per heavy atom. The summed E-state index contributed by atoms with van der Waals surface area (Å²) in [5.41, 5.74) is -2.09. The first-order valence-corrected chi connectivity index (χ1v) is 11.0. The third-order valence-corrected chi connectivity index (χ3v) is 5.73. The van der Waals surface area contributed by atoms with Crippen molar-refractivity contribution >= 4 is 17.6 Å². The van der Waals surface area contributed by atoms with E-state index in [-0.39, 0.29) is 53.1 Å². The summed E-state index contributed by atoms with van der Waals surface area (Å²) < 4.78 is 58.7. The molecule has 12 heteroatoms. The van der Waals surface area contributed by atoms with Crippen LogP contribution in [0.3, 0.4) is 0 Å². The van der Waals surface area contributed by atoms with E-state index in [2.05, 4.69) is 25.9 Å². The number of hydrogen-bond donors (Lipinski definition) is 2. The fraction of sp³-hybridized carbons (Fsp3) is 0.375. The number of alkyl halides is 3. The molecule has 1 aliphatic carbocycles. The van der Waals surface area contributed by atoms with E-state index in [0.29, 0.717) is 6.07 Å². The molecule has 0 aliphatic heterocycles. The lowest BCUT2D eigenvalue weighted by atomic mass is 9.93. The topological polar surface area (TPSA) is 110 Å². The zero-order valence-electron chi connectivity index (χ0n) is 19.7. The molecule has 1 heterocycles. The average Bonchev–Trinajstić information content (AvgIpc) is 3.41. The molecule has 0 radical (unpaired) electrons. The highest BCUT2D eigenvalue weighted by atomic mass is 19.4. The van der Waals surface area contributed by atoms with E-state index in [9.17, 15) is 27.2 Å². The summed E-state index contributed by atoms with van der Waals surface area (Å²) in [6.45, 7) is 5.90. The lowest BCUT2D eigenvalue weighted by Crippen LogP contribution is -2.29. The minimum atomic E-state index is -4.69. The number of H-pyrrole nitrogens is 1. The second kappa shape index (κ2) is 8.99. The Balaban J connectivity index is 1.60. The maximum atomic E-state index is 14.6. The molecule has 2 N–H and O–H groups in total. The average molecular weight is 505 g/mol. The SMILES string of the molecule is CC(C)(C)COC(=O)c1ccc(NC(=O)C2(c3ccc(C(F)(F)F)cc3F)CC2)cc1-c1nnn[nH]1. The number of halogens is 4. The maximum Gasteiger partial charge on any atom is 0.416 e. The Morgan fingerprint density at radius 3 is 2.39 bits per heavy atom. The number of nitrogens with zero attached hydrogens (tertiary/aromatic N) is 3. The molecule has 8 nitrogen and oxygen atoms in total. The Hall–Kier alpha value is -3.83. The first-order valence-electron chi connectivity index (χ1n) is 11.0. The predicted molar refractivity (Wildman–Crippen MR) is 120 cm³/mol. The Morgan fingerprint density at radius 1 is 1.11 bits per heavy atom. The van der Waals surface area contributed by atoms with Crippen molar-refractivity contribution in [1.29, 1.82) is 0 Å². The molecule has 0 saturated heterocycles. The second-order valence-electron chi connectivity index (χ2n) is 9.88. The second-order valence-corrected chi connectivity index (χ2v) is 9.88. The quantitative estimate of drug-likeness (QED) is 0.364. The lowest BCUT2D eigenvalue weighted by Gasteiger charge is -2.19. The summed E-state index contributed by atoms with van der Waals surface area (Å²) >= 11 is 0. The molecule has 1 amide bonds. The smallest absolute Gasteiger partial charge is 0.416 e. The highest BCUT2D eigenvalue weighted by Gasteiger charge is 2.53. The van der Waals surface area contributed by atoms with Gasteiger partial charge in [-0.1, -0.05) is 26.8 Å². The van der Waals surface area contributed by atoms with Crippen LogP contribution in [0.1, 0.15) is 55.1 Å². The van der Waals surface area contributed by atoms with Crippen molar-refractivity contribution in [2.75, 3.05) is 11.9 Å². The number of aromatic amines is 1. The van der Waals surface area contributed by atoms with Crippen molar-refractivity contribution in [1.82, 2.24) is 20.6 Å². The number of nitrogens with one attached hydrogen (secondary N) is 2. The number of carbonyl (C=O) groups excluding carboxylic acids is 2.